The molecule has 2 fully saturated rings. The molecule has 2 amide bonds. The van der Waals surface area contributed by atoms with Crippen LogP contribution in [0.4, 0.5) is 10.2 Å². The number of nitrogens with one attached hydrogen (secondary N) is 2. The summed E-state index contributed by atoms with van der Waals surface area (Å²) in [6.07, 6.45) is 6.57. The fraction of sp³-hybridized carbons (Fsp3) is 0.444. The first-order chi connectivity index (χ1) is 18.1. The van der Waals surface area contributed by atoms with E-state index < -0.39 is 11.9 Å². The fourth-order valence-corrected chi connectivity index (χ4v) is 5.39. The van der Waals surface area contributed by atoms with E-state index in [1.54, 1.807) is 36.0 Å². The third kappa shape index (κ3) is 5.36. The minimum absolute atomic E-state index is 0.0108. The quantitative estimate of drug-likeness (QED) is 0.236. The lowest BCUT2D eigenvalue weighted by molar-refractivity contribution is -0.613. The second-order valence-electron chi connectivity index (χ2n) is 10.5. The molecule has 9 nitrogen and oxygen atoms in total. The Morgan fingerprint density at radius 3 is 2.45 bits per heavy atom. The van der Waals surface area contributed by atoms with Crippen LogP contribution in [0.3, 0.4) is 0 Å². The van der Waals surface area contributed by atoms with E-state index in [2.05, 4.69) is 20.7 Å². The largest absolute Gasteiger partial charge is 0.618 e. The number of amides is 2. The third-order valence-corrected chi connectivity index (χ3v) is 7.60. The zero-order valence-corrected chi connectivity index (χ0v) is 22.2. The van der Waals surface area contributed by atoms with Crippen molar-refractivity contribution in [1.29, 1.82) is 0 Å². The number of anilines is 1. The molecule has 2 saturated carbocycles. The minimum atomic E-state index is -0.747. The lowest BCUT2D eigenvalue weighted by atomic mass is 9.88. The molecule has 3 aromatic rings. The zero-order chi connectivity index (χ0) is 27.1. The van der Waals surface area contributed by atoms with Gasteiger partial charge in [-0.1, -0.05) is 11.6 Å². The van der Waals surface area contributed by atoms with Gasteiger partial charge < -0.3 is 15.8 Å². The van der Waals surface area contributed by atoms with Crippen LogP contribution in [0.1, 0.15) is 61.8 Å². The lowest BCUT2D eigenvalue weighted by Crippen LogP contribution is -2.50. The Morgan fingerprint density at radius 1 is 1.16 bits per heavy atom. The number of carbonyl (C=O) groups is 2. The molecule has 0 aromatic carbocycles. The van der Waals surface area contributed by atoms with Crippen molar-refractivity contribution in [2.24, 2.45) is 17.8 Å². The summed E-state index contributed by atoms with van der Waals surface area (Å²) >= 11 is 6.41. The van der Waals surface area contributed by atoms with Gasteiger partial charge in [-0.25, -0.2) is 9.37 Å². The number of rotatable bonds is 9. The third-order valence-electron chi connectivity index (χ3n) is 7.31. The zero-order valence-electron chi connectivity index (χ0n) is 21.4. The van der Waals surface area contributed by atoms with Gasteiger partial charge in [-0.2, -0.15) is 9.83 Å². The van der Waals surface area contributed by atoms with Gasteiger partial charge >= 0.3 is 0 Å². The van der Waals surface area contributed by atoms with E-state index in [9.17, 15) is 19.2 Å². The predicted molar refractivity (Wildman–Crippen MR) is 140 cm³/mol. The molecule has 1 atom stereocenters. The van der Waals surface area contributed by atoms with E-state index >= 15 is 0 Å². The molecule has 200 valence electrons. The first-order valence-corrected chi connectivity index (χ1v) is 13.2. The van der Waals surface area contributed by atoms with Gasteiger partial charge in [-0.15, -0.1) is 0 Å². The molecule has 0 unspecified atom stereocenters. The van der Waals surface area contributed by atoms with Crippen molar-refractivity contribution in [2.45, 2.75) is 58.5 Å². The minimum Gasteiger partial charge on any atom is -0.618 e. The Morgan fingerprint density at radius 2 is 1.84 bits per heavy atom. The normalized spacial score (nSPS) is 16.1. The van der Waals surface area contributed by atoms with Gasteiger partial charge in [0.15, 0.2) is 11.5 Å². The summed E-state index contributed by atoms with van der Waals surface area (Å²) in [7, 11) is 0. The van der Waals surface area contributed by atoms with E-state index in [4.69, 9.17) is 11.6 Å². The van der Waals surface area contributed by atoms with Crippen LogP contribution in [0.15, 0.2) is 36.7 Å². The van der Waals surface area contributed by atoms with E-state index in [0.29, 0.717) is 33.4 Å². The molecule has 0 radical (unpaired) electrons. The second-order valence-corrected chi connectivity index (χ2v) is 10.8. The average molecular weight is 541 g/mol. The van der Waals surface area contributed by atoms with Gasteiger partial charge in [-0.3, -0.25) is 14.3 Å². The maximum absolute atomic E-state index is 13.9. The first-order valence-electron chi connectivity index (χ1n) is 12.9. The van der Waals surface area contributed by atoms with Gasteiger partial charge in [0.2, 0.25) is 12.1 Å². The molecular formula is C27H30ClFN6O3. The van der Waals surface area contributed by atoms with Crippen molar-refractivity contribution >= 4 is 29.2 Å². The highest BCUT2D eigenvalue weighted by atomic mass is 35.5. The van der Waals surface area contributed by atoms with Crippen LogP contribution in [-0.4, -0.2) is 32.6 Å². The van der Waals surface area contributed by atoms with E-state index in [1.165, 1.54) is 6.07 Å². The summed E-state index contributed by atoms with van der Waals surface area (Å²) in [5, 5.41) is 22.0. The number of pyridine rings is 2. The summed E-state index contributed by atoms with van der Waals surface area (Å²) in [4.78, 5) is 31.2. The molecule has 11 heteroatoms. The molecule has 0 spiro atoms. The Labute approximate surface area is 225 Å². The highest BCUT2D eigenvalue weighted by Crippen LogP contribution is 2.51. The molecule has 0 saturated heterocycles. The predicted octanol–water partition coefficient (Wildman–Crippen LogP) is 4.43. The molecule has 2 N–H and O–H groups in total. The molecule has 2 aliphatic rings. The van der Waals surface area contributed by atoms with Crippen molar-refractivity contribution in [1.82, 2.24) is 20.1 Å². The monoisotopic (exact) mass is 540 g/mol. The van der Waals surface area contributed by atoms with Gasteiger partial charge in [0.05, 0.1) is 5.56 Å². The average Bonchev–Trinajstić information content (AvgIpc) is 3.80. The molecule has 2 aliphatic carbocycles. The highest BCUT2D eigenvalue weighted by molar-refractivity contribution is 6.32. The van der Waals surface area contributed by atoms with Gasteiger partial charge in [0.25, 0.3) is 5.91 Å². The van der Waals surface area contributed by atoms with Gasteiger partial charge in [-0.05, 0) is 81.5 Å². The van der Waals surface area contributed by atoms with Gasteiger partial charge in [0.1, 0.15) is 22.7 Å². The number of hydrogen-bond acceptors (Lipinski definition) is 5. The summed E-state index contributed by atoms with van der Waals surface area (Å²) in [6, 6.07) is 5.24. The molecular weight excluding hydrogens is 511 g/mol. The van der Waals surface area contributed by atoms with Crippen LogP contribution in [0.25, 0.3) is 11.1 Å². The topological polar surface area (TPSA) is 116 Å². The van der Waals surface area contributed by atoms with E-state index in [0.717, 1.165) is 31.9 Å². The SMILES string of the molecule is Cc1c(-c2ccc(NC(=O)[C@@H](NC(=O)c3ccnn3C(C)C)C(C3CC3)C3CC3)nc2Cl)cc(F)c[n+]1[O-]. The Kier molecular flexibility index (Phi) is 7.09. The lowest BCUT2D eigenvalue weighted by Gasteiger charge is -2.27. The van der Waals surface area contributed by atoms with Crippen molar-refractivity contribution < 1.29 is 18.7 Å². The van der Waals surface area contributed by atoms with Crippen molar-refractivity contribution in [3.8, 4) is 11.1 Å². The number of nitrogens with zero attached hydrogens (tertiary/aromatic N) is 4. The van der Waals surface area contributed by atoms with Crippen LogP contribution in [0.2, 0.25) is 5.15 Å². The number of hydrogen-bond donors (Lipinski definition) is 2. The maximum Gasteiger partial charge on any atom is 0.270 e. The maximum atomic E-state index is 13.9. The van der Waals surface area contributed by atoms with Crippen LogP contribution in [0.5, 0.6) is 0 Å². The van der Waals surface area contributed by atoms with Crippen LogP contribution in [-0.2, 0) is 4.79 Å². The number of halogens is 2. The first kappa shape index (κ1) is 26.1. The fourth-order valence-electron chi connectivity index (χ4n) is 5.14. The van der Waals surface area contributed by atoms with Crippen molar-refractivity contribution in [3.05, 3.63) is 64.2 Å². The molecule has 0 aliphatic heterocycles. The molecule has 38 heavy (non-hydrogen) atoms. The molecule has 3 heterocycles. The summed E-state index contributed by atoms with van der Waals surface area (Å²) in [5.74, 6) is -0.400. The summed E-state index contributed by atoms with van der Waals surface area (Å²) in [6.45, 7) is 5.43. The smallest absolute Gasteiger partial charge is 0.270 e. The Bertz CT molecular complexity index is 1370. The van der Waals surface area contributed by atoms with E-state index in [-0.39, 0.29) is 40.4 Å². The van der Waals surface area contributed by atoms with Crippen molar-refractivity contribution in [2.75, 3.05) is 5.32 Å². The van der Waals surface area contributed by atoms with Crippen LogP contribution < -0.4 is 15.4 Å². The molecule has 3 aromatic heterocycles. The number of aromatic nitrogens is 4. The second kappa shape index (κ2) is 10.3. The number of carbonyl (C=O) groups excluding carboxylic acids is 2. The standard InChI is InChI=1S/C27H30ClFN6O3/c1-14(2)35-21(10-11-30-35)26(36)33-24(23(16-4-5-16)17-6-7-17)27(37)32-22-9-8-19(25(28)31-22)20-12-18(29)13-34(38)15(20)3/h8-14,16-17,23-24H,4-7H2,1-3H3,(H,33,36)(H,31,32,37)/t24-/m0/s1. The van der Waals surface area contributed by atoms with Crippen LogP contribution in [0, 0.1) is 35.7 Å². The highest BCUT2D eigenvalue weighted by Gasteiger charge is 2.48. The van der Waals surface area contributed by atoms with E-state index in [1.807, 2.05) is 13.8 Å². The Hall–Kier alpha value is -3.53. The summed E-state index contributed by atoms with van der Waals surface area (Å²) < 4.78 is 15.9. The summed E-state index contributed by atoms with van der Waals surface area (Å²) in [5.41, 5.74) is 1.35. The molecule has 5 rings (SSSR count). The molecule has 0 bridgehead atoms. The van der Waals surface area contributed by atoms with Crippen LogP contribution >= 0.6 is 11.6 Å². The van der Waals surface area contributed by atoms with Gasteiger partial charge in [0, 0.05) is 24.7 Å². The Balaban J connectivity index is 1.40. The van der Waals surface area contributed by atoms with Crippen molar-refractivity contribution in [3.63, 3.8) is 0 Å².